The van der Waals surface area contributed by atoms with Crippen molar-refractivity contribution < 1.29 is 13.6 Å². The zero-order valence-electron chi connectivity index (χ0n) is 10.7. The fourth-order valence-electron chi connectivity index (χ4n) is 1.87. The van der Waals surface area contributed by atoms with Gasteiger partial charge in [0, 0.05) is 0 Å². The van der Waals surface area contributed by atoms with Gasteiger partial charge >= 0.3 is 0 Å². The van der Waals surface area contributed by atoms with E-state index >= 15 is 0 Å². The fourth-order valence-corrected chi connectivity index (χ4v) is 1.87. The number of nitrogens with zero attached hydrogens (tertiary/aromatic N) is 3. The van der Waals surface area contributed by atoms with Crippen LogP contribution in [0.25, 0.3) is 5.69 Å². The van der Waals surface area contributed by atoms with E-state index in [2.05, 4.69) is 10.2 Å². The van der Waals surface area contributed by atoms with Crippen LogP contribution < -0.4 is 0 Å². The maximum Gasteiger partial charge on any atom is 0.217 e. The second-order valence-corrected chi connectivity index (χ2v) is 4.29. The quantitative estimate of drug-likeness (QED) is 0.695. The van der Waals surface area contributed by atoms with Crippen LogP contribution in [0.15, 0.2) is 54.7 Å². The monoisotopic (exact) mass is 285 g/mol. The number of para-hydroxylation sites is 1. The van der Waals surface area contributed by atoms with E-state index in [1.54, 1.807) is 24.3 Å². The van der Waals surface area contributed by atoms with Crippen LogP contribution in [-0.2, 0) is 0 Å². The van der Waals surface area contributed by atoms with E-state index in [1.807, 2.05) is 6.07 Å². The van der Waals surface area contributed by atoms with Gasteiger partial charge in [0.25, 0.3) is 0 Å². The molecule has 21 heavy (non-hydrogen) atoms. The minimum absolute atomic E-state index is 0.0525. The van der Waals surface area contributed by atoms with Crippen LogP contribution in [0.5, 0.6) is 0 Å². The summed E-state index contributed by atoms with van der Waals surface area (Å²) in [5, 5.41) is 7.95. The summed E-state index contributed by atoms with van der Waals surface area (Å²) in [6, 6.07) is 12.4. The Morgan fingerprint density at radius 2 is 1.76 bits per heavy atom. The Kier molecular flexibility index (Phi) is 3.27. The number of rotatable bonds is 3. The van der Waals surface area contributed by atoms with E-state index < -0.39 is 17.4 Å². The Morgan fingerprint density at radius 1 is 1.00 bits per heavy atom. The highest BCUT2D eigenvalue weighted by Gasteiger charge is 2.19. The summed E-state index contributed by atoms with van der Waals surface area (Å²) in [6.07, 6.45) is 1.22. The van der Waals surface area contributed by atoms with Crippen molar-refractivity contribution in [3.8, 4) is 5.69 Å². The van der Waals surface area contributed by atoms with Crippen LogP contribution in [0.1, 0.15) is 16.1 Å². The lowest BCUT2D eigenvalue weighted by Gasteiger charge is -2.00. The highest BCUT2D eigenvalue weighted by molar-refractivity contribution is 6.07. The summed E-state index contributed by atoms with van der Waals surface area (Å²) in [5.41, 5.74) is 0.245. The van der Waals surface area contributed by atoms with Crippen molar-refractivity contribution in [3.05, 3.63) is 77.6 Å². The number of carbonyl (C=O) groups excluding carboxylic acids is 1. The standard InChI is InChI=1S/C15H9F2N3O/c16-12-8-4-7-11(14(12)17)15(21)13-9-18-20(19-13)10-5-2-1-3-6-10/h1-9H. The van der Waals surface area contributed by atoms with Gasteiger partial charge in [0.15, 0.2) is 17.3 Å². The molecule has 6 heteroatoms. The first-order valence-corrected chi connectivity index (χ1v) is 6.13. The van der Waals surface area contributed by atoms with Crippen molar-refractivity contribution in [1.82, 2.24) is 15.0 Å². The highest BCUT2D eigenvalue weighted by Crippen LogP contribution is 2.15. The molecule has 3 aromatic rings. The van der Waals surface area contributed by atoms with Crippen LogP contribution in [0.2, 0.25) is 0 Å². The number of benzene rings is 2. The molecule has 1 aromatic heterocycles. The molecule has 4 nitrogen and oxygen atoms in total. The van der Waals surface area contributed by atoms with Gasteiger partial charge in [0.1, 0.15) is 0 Å². The largest absolute Gasteiger partial charge is 0.287 e. The molecule has 0 aliphatic rings. The molecule has 0 N–H and O–H groups in total. The molecule has 0 unspecified atom stereocenters. The molecule has 1 heterocycles. The average molecular weight is 285 g/mol. The molecular weight excluding hydrogens is 276 g/mol. The van der Waals surface area contributed by atoms with Crippen molar-refractivity contribution in [2.45, 2.75) is 0 Å². The molecule has 0 amide bonds. The number of carbonyl (C=O) groups is 1. The van der Waals surface area contributed by atoms with E-state index in [-0.39, 0.29) is 11.3 Å². The van der Waals surface area contributed by atoms with Gasteiger partial charge in [-0.3, -0.25) is 4.79 Å². The zero-order chi connectivity index (χ0) is 14.8. The van der Waals surface area contributed by atoms with Crippen molar-refractivity contribution in [2.24, 2.45) is 0 Å². The molecule has 0 bridgehead atoms. The first kappa shape index (κ1) is 13.1. The highest BCUT2D eigenvalue weighted by atomic mass is 19.2. The van der Waals surface area contributed by atoms with Gasteiger partial charge < -0.3 is 0 Å². The number of ketones is 1. The molecular formula is C15H9F2N3O. The minimum atomic E-state index is -1.18. The third-order valence-corrected chi connectivity index (χ3v) is 2.91. The van der Waals surface area contributed by atoms with Crippen LogP contribution in [-0.4, -0.2) is 20.8 Å². The lowest BCUT2D eigenvalue weighted by Crippen LogP contribution is -2.07. The maximum atomic E-state index is 13.6. The summed E-state index contributed by atoms with van der Waals surface area (Å²) in [6.45, 7) is 0. The molecule has 0 atom stereocenters. The Bertz CT molecular complexity index is 800. The van der Waals surface area contributed by atoms with E-state index in [1.165, 1.54) is 23.1 Å². The van der Waals surface area contributed by atoms with Gasteiger partial charge in [0.2, 0.25) is 5.78 Å². The lowest BCUT2D eigenvalue weighted by atomic mass is 10.1. The van der Waals surface area contributed by atoms with E-state index in [9.17, 15) is 13.6 Å². The van der Waals surface area contributed by atoms with E-state index in [4.69, 9.17) is 0 Å². The molecule has 3 rings (SSSR count). The van der Waals surface area contributed by atoms with Gasteiger partial charge in [-0.1, -0.05) is 24.3 Å². The summed E-state index contributed by atoms with van der Waals surface area (Å²) >= 11 is 0. The predicted molar refractivity (Wildman–Crippen MR) is 71.1 cm³/mol. The maximum absolute atomic E-state index is 13.6. The Labute approximate surface area is 118 Å². The predicted octanol–water partition coefficient (Wildman–Crippen LogP) is 2.78. The van der Waals surface area contributed by atoms with Gasteiger partial charge in [0.05, 0.1) is 17.4 Å². The molecule has 0 spiro atoms. The summed E-state index contributed by atoms with van der Waals surface area (Å²) in [5.74, 6) is -2.97. The van der Waals surface area contributed by atoms with Gasteiger partial charge in [-0.2, -0.15) is 9.90 Å². The minimum Gasteiger partial charge on any atom is -0.287 e. The molecule has 2 aromatic carbocycles. The molecule has 0 fully saturated rings. The third-order valence-electron chi connectivity index (χ3n) is 2.91. The molecule has 0 aliphatic heterocycles. The molecule has 0 aliphatic carbocycles. The van der Waals surface area contributed by atoms with Crippen LogP contribution >= 0.6 is 0 Å². The summed E-state index contributed by atoms with van der Waals surface area (Å²) in [7, 11) is 0. The van der Waals surface area contributed by atoms with Gasteiger partial charge in [-0.05, 0) is 24.3 Å². The van der Waals surface area contributed by atoms with Crippen LogP contribution in [0.4, 0.5) is 8.78 Å². The van der Waals surface area contributed by atoms with Crippen molar-refractivity contribution >= 4 is 5.78 Å². The summed E-state index contributed by atoms with van der Waals surface area (Å²) in [4.78, 5) is 13.4. The first-order chi connectivity index (χ1) is 10.2. The number of hydrogen-bond donors (Lipinski definition) is 0. The topological polar surface area (TPSA) is 47.8 Å². The van der Waals surface area contributed by atoms with E-state index in [0.717, 1.165) is 6.07 Å². The SMILES string of the molecule is O=C(c1cnn(-c2ccccc2)n1)c1cccc(F)c1F. The Morgan fingerprint density at radius 3 is 2.52 bits per heavy atom. The Hall–Kier alpha value is -2.89. The lowest BCUT2D eigenvalue weighted by molar-refractivity contribution is 0.102. The van der Waals surface area contributed by atoms with Crippen molar-refractivity contribution in [3.63, 3.8) is 0 Å². The van der Waals surface area contributed by atoms with Gasteiger partial charge in [-0.15, -0.1) is 5.10 Å². The second-order valence-electron chi connectivity index (χ2n) is 4.29. The third kappa shape index (κ3) is 2.43. The Balaban J connectivity index is 1.97. The molecule has 0 saturated carbocycles. The molecule has 104 valence electrons. The van der Waals surface area contributed by atoms with Crippen LogP contribution in [0, 0.1) is 11.6 Å². The normalized spacial score (nSPS) is 10.6. The summed E-state index contributed by atoms with van der Waals surface area (Å²) < 4.78 is 26.8. The van der Waals surface area contributed by atoms with Crippen molar-refractivity contribution in [2.75, 3.05) is 0 Å². The molecule has 0 saturated heterocycles. The van der Waals surface area contributed by atoms with Crippen molar-refractivity contribution in [1.29, 1.82) is 0 Å². The van der Waals surface area contributed by atoms with E-state index in [0.29, 0.717) is 5.69 Å². The first-order valence-electron chi connectivity index (χ1n) is 6.13. The van der Waals surface area contributed by atoms with Crippen LogP contribution in [0.3, 0.4) is 0 Å². The zero-order valence-corrected chi connectivity index (χ0v) is 10.7. The molecule has 0 radical (unpaired) electrons. The number of aromatic nitrogens is 3. The second kappa shape index (κ2) is 5.24. The smallest absolute Gasteiger partial charge is 0.217 e. The van der Waals surface area contributed by atoms with Gasteiger partial charge in [-0.25, -0.2) is 8.78 Å². The fraction of sp³-hybridized carbons (Fsp3) is 0. The number of halogens is 2. The number of hydrogen-bond acceptors (Lipinski definition) is 3. The average Bonchev–Trinajstić information content (AvgIpc) is 3.00.